The summed E-state index contributed by atoms with van der Waals surface area (Å²) < 4.78 is 0. The summed E-state index contributed by atoms with van der Waals surface area (Å²) in [7, 11) is 0. The van der Waals surface area contributed by atoms with Gasteiger partial charge >= 0.3 is 6.03 Å². The summed E-state index contributed by atoms with van der Waals surface area (Å²) >= 11 is 0. The van der Waals surface area contributed by atoms with Crippen molar-refractivity contribution in [2.75, 3.05) is 13.2 Å². The van der Waals surface area contributed by atoms with E-state index in [0.29, 0.717) is 18.6 Å². The first-order valence-electron chi connectivity index (χ1n) is 6.88. The smallest absolute Gasteiger partial charge is 0.317 e. The largest absolute Gasteiger partial charge is 0.395 e. The second-order valence-electron chi connectivity index (χ2n) is 5.57. The van der Waals surface area contributed by atoms with Crippen LogP contribution in [0.25, 0.3) is 0 Å². The first kappa shape index (κ1) is 12.7. The van der Waals surface area contributed by atoms with Crippen LogP contribution in [-0.4, -0.2) is 41.3 Å². The fourth-order valence-electron chi connectivity index (χ4n) is 2.77. The van der Waals surface area contributed by atoms with E-state index in [4.69, 9.17) is 5.11 Å². The molecule has 0 aromatic heterocycles. The number of nitrogens with zero attached hydrogens (tertiary/aromatic N) is 1. The van der Waals surface area contributed by atoms with Gasteiger partial charge in [0.25, 0.3) is 0 Å². The van der Waals surface area contributed by atoms with Gasteiger partial charge in [-0.2, -0.15) is 0 Å². The van der Waals surface area contributed by atoms with Crippen molar-refractivity contribution in [2.45, 2.75) is 57.5 Å². The average Bonchev–Trinajstić information content (AvgIpc) is 3.09. The lowest BCUT2D eigenvalue weighted by atomic mass is 9.87. The summed E-state index contributed by atoms with van der Waals surface area (Å²) in [6.45, 7) is 2.79. The van der Waals surface area contributed by atoms with Crippen LogP contribution in [0.5, 0.6) is 0 Å². The van der Waals surface area contributed by atoms with E-state index < -0.39 is 0 Å². The highest BCUT2D eigenvalue weighted by molar-refractivity contribution is 5.75. The number of amides is 2. The van der Waals surface area contributed by atoms with Gasteiger partial charge in [-0.25, -0.2) is 4.79 Å². The summed E-state index contributed by atoms with van der Waals surface area (Å²) in [5, 5.41) is 12.1. The Labute approximate surface area is 103 Å². The second kappa shape index (κ2) is 5.71. The van der Waals surface area contributed by atoms with Crippen molar-refractivity contribution in [2.24, 2.45) is 5.92 Å². The zero-order chi connectivity index (χ0) is 12.3. The SMILES string of the molecule is CC1CCCC(NC(=O)N(CCO)C2CC2)C1. The lowest BCUT2D eigenvalue weighted by Crippen LogP contribution is -2.48. The van der Waals surface area contributed by atoms with Crippen molar-refractivity contribution in [3.05, 3.63) is 0 Å². The molecule has 2 saturated carbocycles. The first-order valence-corrected chi connectivity index (χ1v) is 6.88. The van der Waals surface area contributed by atoms with Gasteiger partial charge in [0, 0.05) is 18.6 Å². The Hall–Kier alpha value is -0.770. The van der Waals surface area contributed by atoms with E-state index in [0.717, 1.165) is 31.6 Å². The van der Waals surface area contributed by atoms with Gasteiger partial charge in [0.05, 0.1) is 6.61 Å². The van der Waals surface area contributed by atoms with Crippen molar-refractivity contribution in [1.82, 2.24) is 10.2 Å². The van der Waals surface area contributed by atoms with Crippen molar-refractivity contribution in [1.29, 1.82) is 0 Å². The highest BCUT2D eigenvalue weighted by atomic mass is 16.3. The Morgan fingerprint density at radius 2 is 2.12 bits per heavy atom. The lowest BCUT2D eigenvalue weighted by Gasteiger charge is -2.30. The number of aliphatic hydroxyl groups is 1. The molecule has 98 valence electrons. The molecule has 2 unspecified atom stereocenters. The molecular formula is C13H24N2O2. The molecule has 2 amide bonds. The monoisotopic (exact) mass is 240 g/mol. The van der Waals surface area contributed by atoms with E-state index in [-0.39, 0.29) is 12.6 Å². The maximum Gasteiger partial charge on any atom is 0.317 e. The van der Waals surface area contributed by atoms with Gasteiger partial charge in [-0.1, -0.05) is 19.8 Å². The maximum absolute atomic E-state index is 12.1. The van der Waals surface area contributed by atoms with E-state index >= 15 is 0 Å². The van der Waals surface area contributed by atoms with E-state index in [9.17, 15) is 4.79 Å². The van der Waals surface area contributed by atoms with Crippen LogP contribution in [0.2, 0.25) is 0 Å². The fourth-order valence-corrected chi connectivity index (χ4v) is 2.77. The van der Waals surface area contributed by atoms with Crippen molar-refractivity contribution in [3.63, 3.8) is 0 Å². The molecule has 0 bridgehead atoms. The molecular weight excluding hydrogens is 216 g/mol. The van der Waals surface area contributed by atoms with Crippen LogP contribution in [0.3, 0.4) is 0 Å². The zero-order valence-corrected chi connectivity index (χ0v) is 10.7. The van der Waals surface area contributed by atoms with Crippen molar-refractivity contribution >= 4 is 6.03 Å². The minimum absolute atomic E-state index is 0.0284. The van der Waals surface area contributed by atoms with Gasteiger partial charge in [-0.15, -0.1) is 0 Å². The minimum atomic E-state index is 0.0284. The topological polar surface area (TPSA) is 52.6 Å². The van der Waals surface area contributed by atoms with Crippen LogP contribution in [0.1, 0.15) is 45.4 Å². The molecule has 4 heteroatoms. The summed E-state index contributed by atoms with van der Waals surface area (Å²) in [5.41, 5.74) is 0. The summed E-state index contributed by atoms with van der Waals surface area (Å²) in [6.07, 6.45) is 6.89. The predicted octanol–water partition coefficient (Wildman–Crippen LogP) is 1.73. The molecule has 0 aliphatic heterocycles. The highest BCUT2D eigenvalue weighted by Crippen LogP contribution is 2.27. The van der Waals surface area contributed by atoms with Crippen LogP contribution in [0.15, 0.2) is 0 Å². The molecule has 0 saturated heterocycles. The van der Waals surface area contributed by atoms with Gasteiger partial charge in [0.2, 0.25) is 0 Å². The van der Waals surface area contributed by atoms with Gasteiger partial charge < -0.3 is 15.3 Å². The Bertz CT molecular complexity index is 266. The number of urea groups is 1. The quantitative estimate of drug-likeness (QED) is 0.786. The van der Waals surface area contributed by atoms with Crippen molar-refractivity contribution in [3.8, 4) is 0 Å². The average molecular weight is 240 g/mol. The molecule has 2 rings (SSSR count). The molecule has 2 aliphatic rings. The normalized spacial score (nSPS) is 28.8. The van der Waals surface area contributed by atoms with Crippen LogP contribution in [-0.2, 0) is 0 Å². The Balaban J connectivity index is 1.81. The molecule has 2 N–H and O–H groups in total. The maximum atomic E-state index is 12.1. The molecule has 0 aromatic rings. The summed E-state index contributed by atoms with van der Waals surface area (Å²) in [5.74, 6) is 0.723. The molecule has 0 spiro atoms. The third-order valence-corrected chi connectivity index (χ3v) is 3.85. The number of hydrogen-bond acceptors (Lipinski definition) is 2. The van der Waals surface area contributed by atoms with Crippen LogP contribution >= 0.6 is 0 Å². The molecule has 0 heterocycles. The van der Waals surface area contributed by atoms with Crippen LogP contribution in [0, 0.1) is 5.92 Å². The summed E-state index contributed by atoms with van der Waals surface area (Å²) in [4.78, 5) is 13.9. The highest BCUT2D eigenvalue weighted by Gasteiger charge is 2.33. The Morgan fingerprint density at radius 3 is 2.71 bits per heavy atom. The van der Waals surface area contributed by atoms with E-state index in [1.807, 2.05) is 0 Å². The van der Waals surface area contributed by atoms with E-state index in [1.54, 1.807) is 4.90 Å². The Kier molecular flexibility index (Phi) is 4.26. The zero-order valence-electron chi connectivity index (χ0n) is 10.7. The number of hydrogen-bond donors (Lipinski definition) is 2. The molecule has 2 fully saturated rings. The van der Waals surface area contributed by atoms with Gasteiger partial charge in [-0.05, 0) is 31.6 Å². The third kappa shape index (κ3) is 3.60. The molecule has 2 aliphatic carbocycles. The van der Waals surface area contributed by atoms with Gasteiger partial charge in [0.15, 0.2) is 0 Å². The van der Waals surface area contributed by atoms with Gasteiger partial charge in [0.1, 0.15) is 0 Å². The van der Waals surface area contributed by atoms with Gasteiger partial charge in [-0.3, -0.25) is 0 Å². The summed E-state index contributed by atoms with van der Waals surface area (Å²) in [6, 6.07) is 0.745. The fraction of sp³-hybridized carbons (Fsp3) is 0.923. The second-order valence-corrected chi connectivity index (χ2v) is 5.57. The standard InChI is InChI=1S/C13H24N2O2/c1-10-3-2-4-11(9-10)14-13(17)15(7-8-16)12-5-6-12/h10-12,16H,2-9H2,1H3,(H,14,17). The first-order chi connectivity index (χ1) is 8.20. The van der Waals surface area contributed by atoms with Crippen molar-refractivity contribution < 1.29 is 9.90 Å². The molecule has 4 nitrogen and oxygen atoms in total. The van der Waals surface area contributed by atoms with Crippen LogP contribution in [0.4, 0.5) is 4.79 Å². The number of nitrogens with one attached hydrogen (secondary N) is 1. The molecule has 17 heavy (non-hydrogen) atoms. The Morgan fingerprint density at radius 1 is 1.35 bits per heavy atom. The van der Waals surface area contributed by atoms with Crippen LogP contribution < -0.4 is 5.32 Å². The third-order valence-electron chi connectivity index (χ3n) is 3.85. The molecule has 0 aromatic carbocycles. The number of rotatable bonds is 4. The predicted molar refractivity (Wildman–Crippen MR) is 66.8 cm³/mol. The number of carbonyl (C=O) groups excluding carboxylic acids is 1. The van der Waals surface area contributed by atoms with E-state index in [2.05, 4.69) is 12.2 Å². The number of carbonyl (C=O) groups is 1. The number of aliphatic hydroxyl groups excluding tert-OH is 1. The lowest BCUT2D eigenvalue weighted by molar-refractivity contribution is 0.165. The molecule has 0 radical (unpaired) electrons. The minimum Gasteiger partial charge on any atom is -0.395 e. The van der Waals surface area contributed by atoms with E-state index in [1.165, 1.54) is 12.8 Å². The molecule has 2 atom stereocenters.